The Bertz CT molecular complexity index is 1370. The normalized spacial score (nSPS) is 21.0. The number of aromatic nitrogens is 2. The Hall–Kier alpha value is -3.28. The van der Waals surface area contributed by atoms with Crippen molar-refractivity contribution in [1.82, 2.24) is 15.3 Å². The molecular weight excluding hydrogens is 579 g/mol. The van der Waals surface area contributed by atoms with Gasteiger partial charge in [-0.25, -0.2) is 4.98 Å². The second kappa shape index (κ2) is 13.4. The highest BCUT2D eigenvalue weighted by Gasteiger charge is 2.37. The molecule has 12 heteroatoms. The Labute approximate surface area is 255 Å². The molecule has 4 N–H and O–H groups in total. The summed E-state index contributed by atoms with van der Waals surface area (Å²) >= 11 is 13.5. The van der Waals surface area contributed by atoms with Crippen LogP contribution in [0.5, 0.6) is 11.5 Å². The maximum atomic E-state index is 11.9. The minimum absolute atomic E-state index is 0.0147. The smallest absolute Gasteiger partial charge is 0.224 e. The van der Waals surface area contributed by atoms with Gasteiger partial charge in [-0.1, -0.05) is 73.0 Å². The summed E-state index contributed by atoms with van der Waals surface area (Å²) in [4.78, 5) is 13.0. The van der Waals surface area contributed by atoms with Gasteiger partial charge in [0.1, 0.15) is 33.6 Å². The van der Waals surface area contributed by atoms with E-state index >= 15 is 0 Å². The number of rotatable bonds is 10. The molecule has 1 aliphatic carbocycles. The zero-order chi connectivity index (χ0) is 29.8. The highest BCUT2D eigenvalue weighted by atomic mass is 35.5. The first-order valence-electron chi connectivity index (χ1n) is 13.9. The predicted molar refractivity (Wildman–Crippen MR) is 165 cm³/mol. The zero-order valence-electron chi connectivity index (χ0n) is 23.6. The van der Waals surface area contributed by atoms with Crippen LogP contribution in [0.2, 0.25) is 10.0 Å². The fourth-order valence-corrected chi connectivity index (χ4v) is 6.30. The SMILES string of the molecule is C=CC(O)N[C@H]1CCCC[C@H]1Nc1ncc2c(n1)N(Cc1ccccc1)C(O)N(c1c(Cl)c(OC)cc(OC)c1Cl)C2. The summed E-state index contributed by atoms with van der Waals surface area (Å²) in [5.74, 6) is 1.77. The molecule has 3 aromatic rings. The van der Waals surface area contributed by atoms with Gasteiger partial charge in [0.25, 0.3) is 0 Å². The van der Waals surface area contributed by atoms with Crippen LogP contribution in [0.3, 0.4) is 0 Å². The van der Waals surface area contributed by atoms with E-state index in [1.807, 2.05) is 30.3 Å². The Kier molecular flexibility index (Phi) is 9.60. The Balaban J connectivity index is 1.52. The number of methoxy groups -OCH3 is 2. The van der Waals surface area contributed by atoms with E-state index in [4.69, 9.17) is 37.7 Å². The number of fused-ring (bicyclic) bond motifs is 1. The van der Waals surface area contributed by atoms with Crippen molar-refractivity contribution in [3.63, 3.8) is 0 Å². The number of hydrogen-bond donors (Lipinski definition) is 4. The van der Waals surface area contributed by atoms with Gasteiger partial charge >= 0.3 is 0 Å². The van der Waals surface area contributed by atoms with Gasteiger partial charge in [0, 0.05) is 36.5 Å². The lowest BCUT2D eigenvalue weighted by Gasteiger charge is -2.44. The van der Waals surface area contributed by atoms with Gasteiger partial charge < -0.3 is 34.8 Å². The second-order valence-electron chi connectivity index (χ2n) is 10.4. The standard InChI is InChI=1S/C30H36Cl2N6O4/c1-4-24(39)34-20-12-8-9-13-21(20)35-29-33-15-19-17-37(27-25(31)22(41-2)14-23(42-3)26(27)32)30(40)38(28(19)36-29)16-18-10-6-5-7-11-18/h4-7,10-11,14-15,20-21,24,30,34,39-40H,1,8-9,12-13,16-17H2,2-3H3,(H,33,35,36)/t20-,21+,24?,30?/m0/s1. The number of anilines is 3. The van der Waals surface area contributed by atoms with Gasteiger partial charge in [0.05, 0.1) is 26.5 Å². The van der Waals surface area contributed by atoms with Gasteiger partial charge in [0.2, 0.25) is 12.3 Å². The summed E-state index contributed by atoms with van der Waals surface area (Å²) < 4.78 is 11.0. The average molecular weight is 616 g/mol. The van der Waals surface area contributed by atoms with Gasteiger partial charge in [0.15, 0.2) is 0 Å². The molecule has 4 atom stereocenters. The minimum Gasteiger partial charge on any atom is -0.495 e. The van der Waals surface area contributed by atoms with Crippen LogP contribution in [0.4, 0.5) is 17.5 Å². The molecule has 1 aliphatic heterocycles. The molecule has 1 saturated carbocycles. The number of aliphatic hydroxyl groups excluding tert-OH is 2. The number of halogens is 2. The molecule has 42 heavy (non-hydrogen) atoms. The van der Waals surface area contributed by atoms with Crippen LogP contribution in [0.15, 0.2) is 55.3 Å². The van der Waals surface area contributed by atoms with Crippen LogP contribution >= 0.6 is 23.2 Å². The van der Waals surface area contributed by atoms with E-state index in [1.165, 1.54) is 20.3 Å². The summed E-state index contributed by atoms with van der Waals surface area (Å²) in [5, 5.41) is 29.2. The highest BCUT2D eigenvalue weighted by Crippen LogP contribution is 2.48. The maximum Gasteiger partial charge on any atom is 0.224 e. The summed E-state index contributed by atoms with van der Waals surface area (Å²) in [6, 6.07) is 11.5. The molecule has 1 aromatic heterocycles. The molecule has 0 amide bonds. The molecule has 0 saturated heterocycles. The van der Waals surface area contributed by atoms with Crippen LogP contribution in [-0.2, 0) is 13.1 Å². The van der Waals surface area contributed by atoms with Gasteiger partial charge in [-0.3, -0.25) is 5.32 Å². The summed E-state index contributed by atoms with van der Waals surface area (Å²) in [5.41, 5.74) is 2.13. The molecule has 2 aliphatic rings. The topological polar surface area (TPSA) is 115 Å². The number of nitrogens with one attached hydrogen (secondary N) is 2. The van der Waals surface area contributed by atoms with Crippen LogP contribution in [0, 0.1) is 0 Å². The average Bonchev–Trinajstić information content (AvgIpc) is 3.01. The lowest BCUT2D eigenvalue weighted by atomic mass is 9.90. The Morgan fingerprint density at radius 2 is 1.76 bits per heavy atom. The van der Waals surface area contributed by atoms with Crippen molar-refractivity contribution < 1.29 is 19.7 Å². The van der Waals surface area contributed by atoms with E-state index in [2.05, 4.69) is 22.2 Å². The van der Waals surface area contributed by atoms with Crippen molar-refractivity contribution in [3.05, 3.63) is 76.4 Å². The molecule has 2 unspecified atom stereocenters. The van der Waals surface area contributed by atoms with E-state index in [9.17, 15) is 10.2 Å². The number of hydrogen-bond acceptors (Lipinski definition) is 10. The molecule has 224 valence electrons. The molecule has 0 bridgehead atoms. The minimum atomic E-state index is -1.18. The monoisotopic (exact) mass is 614 g/mol. The first kappa shape index (κ1) is 30.2. The molecule has 0 radical (unpaired) electrons. The van der Waals surface area contributed by atoms with Crippen molar-refractivity contribution in [3.8, 4) is 11.5 Å². The van der Waals surface area contributed by atoms with Gasteiger partial charge in [-0.15, -0.1) is 0 Å². The highest BCUT2D eigenvalue weighted by molar-refractivity contribution is 6.41. The number of aliphatic hydroxyl groups is 2. The van der Waals surface area contributed by atoms with Gasteiger partial charge in [-0.05, 0) is 24.5 Å². The molecule has 0 spiro atoms. The third-order valence-corrected chi connectivity index (χ3v) is 8.46. The molecule has 1 fully saturated rings. The quantitative estimate of drug-likeness (QED) is 0.185. The first-order chi connectivity index (χ1) is 20.3. The van der Waals surface area contributed by atoms with Crippen LogP contribution in [0.1, 0.15) is 36.8 Å². The fraction of sp³-hybridized carbons (Fsp3) is 0.400. The summed E-state index contributed by atoms with van der Waals surface area (Å²) in [6.45, 7) is 4.26. The molecule has 2 aromatic carbocycles. The van der Waals surface area contributed by atoms with Crippen LogP contribution < -0.4 is 29.9 Å². The molecule has 2 heterocycles. The first-order valence-corrected chi connectivity index (χ1v) is 14.6. The maximum absolute atomic E-state index is 11.9. The molecule has 10 nitrogen and oxygen atoms in total. The lowest BCUT2D eigenvalue weighted by Crippen LogP contribution is -2.53. The van der Waals surface area contributed by atoms with Crippen LogP contribution in [0.25, 0.3) is 0 Å². The van der Waals surface area contributed by atoms with Crippen molar-refractivity contribution >= 4 is 40.7 Å². The third-order valence-electron chi connectivity index (χ3n) is 7.73. The van der Waals surface area contributed by atoms with Crippen molar-refractivity contribution in [2.75, 3.05) is 29.3 Å². The van der Waals surface area contributed by atoms with E-state index in [1.54, 1.807) is 22.1 Å². The van der Waals surface area contributed by atoms with E-state index < -0.39 is 12.6 Å². The Morgan fingerprint density at radius 1 is 1.10 bits per heavy atom. The molecular formula is C30H36Cl2N6O4. The summed E-state index contributed by atoms with van der Waals surface area (Å²) in [6.07, 6.45) is 5.20. The zero-order valence-corrected chi connectivity index (χ0v) is 25.1. The van der Waals surface area contributed by atoms with E-state index in [0.29, 0.717) is 35.5 Å². The van der Waals surface area contributed by atoms with E-state index in [0.717, 1.165) is 36.8 Å². The largest absolute Gasteiger partial charge is 0.495 e. The lowest BCUT2D eigenvalue weighted by molar-refractivity contribution is 0.150. The van der Waals surface area contributed by atoms with Crippen molar-refractivity contribution in [2.24, 2.45) is 0 Å². The van der Waals surface area contributed by atoms with Crippen molar-refractivity contribution in [1.29, 1.82) is 0 Å². The molecule has 5 rings (SSSR count). The number of ether oxygens (including phenoxy) is 2. The van der Waals surface area contributed by atoms with Crippen molar-refractivity contribution in [2.45, 2.75) is 63.4 Å². The third kappa shape index (κ3) is 6.23. The fourth-order valence-electron chi connectivity index (χ4n) is 5.58. The summed E-state index contributed by atoms with van der Waals surface area (Å²) in [7, 11) is 3.02. The predicted octanol–water partition coefficient (Wildman–Crippen LogP) is 4.92. The number of nitrogens with zero attached hydrogens (tertiary/aromatic N) is 4. The number of benzene rings is 2. The van der Waals surface area contributed by atoms with Gasteiger partial charge in [-0.2, -0.15) is 4.98 Å². The second-order valence-corrected chi connectivity index (χ2v) is 11.1. The Morgan fingerprint density at radius 3 is 2.40 bits per heavy atom. The van der Waals surface area contributed by atoms with E-state index in [-0.39, 0.29) is 28.7 Å². The van der Waals surface area contributed by atoms with Crippen LogP contribution in [-0.4, -0.2) is 59.1 Å².